The van der Waals surface area contributed by atoms with Gasteiger partial charge in [0.25, 0.3) is 0 Å². The highest BCUT2D eigenvalue weighted by Gasteiger charge is 2.09. The molecule has 0 amide bonds. The maximum absolute atomic E-state index is 5.23. The van der Waals surface area contributed by atoms with Crippen molar-refractivity contribution in [2.24, 2.45) is 0 Å². The third-order valence-corrected chi connectivity index (χ3v) is 4.74. The van der Waals surface area contributed by atoms with Crippen molar-refractivity contribution in [3.8, 4) is 5.75 Å². The molecule has 0 fully saturated rings. The number of hydrogen-bond acceptors (Lipinski definition) is 1. The Morgan fingerprint density at radius 1 is 1.15 bits per heavy atom. The summed E-state index contributed by atoms with van der Waals surface area (Å²) >= 11 is 6.99. The Hall–Kier alpha value is 0.197. The average Bonchev–Trinajstić information content (AvgIpc) is 2.03. The van der Waals surface area contributed by atoms with Crippen LogP contribution in [0.4, 0.5) is 0 Å². The summed E-state index contributed by atoms with van der Waals surface area (Å²) in [6, 6.07) is 4.31. The third-order valence-electron chi connectivity index (χ3n) is 1.89. The van der Waals surface area contributed by atoms with Gasteiger partial charge in [-0.25, -0.2) is 0 Å². The van der Waals surface area contributed by atoms with Gasteiger partial charge in [-0.15, -0.1) is 0 Å². The molecule has 1 rings (SSSR count). The second-order valence-electron chi connectivity index (χ2n) is 3.17. The highest BCUT2D eigenvalue weighted by Crippen LogP contribution is 2.31. The highest BCUT2D eigenvalue weighted by molar-refractivity contribution is 9.11. The van der Waals surface area contributed by atoms with Gasteiger partial charge in [0.2, 0.25) is 0 Å². The first-order chi connectivity index (χ1) is 6.06. The number of hydrogen-bond donors (Lipinski definition) is 0. The quantitative estimate of drug-likeness (QED) is 0.760. The van der Waals surface area contributed by atoms with Gasteiger partial charge in [0, 0.05) is 0 Å². The molecule has 0 atom stereocenters. The van der Waals surface area contributed by atoms with Crippen molar-refractivity contribution in [3.63, 3.8) is 0 Å². The summed E-state index contributed by atoms with van der Waals surface area (Å²) < 4.78 is 7.29. The number of ether oxygens (including phenoxy) is 1. The largest absolute Gasteiger partial charge is 0.494 e. The zero-order chi connectivity index (χ0) is 10.0. The SMILES string of the molecule is COc1c(Br)cc([SiH](C)C)cc1Br. The molecule has 0 aliphatic heterocycles. The van der Waals surface area contributed by atoms with E-state index in [-0.39, 0.29) is 0 Å². The molecular formula is C9H12Br2OSi. The van der Waals surface area contributed by atoms with Crippen LogP contribution in [0.5, 0.6) is 5.75 Å². The van der Waals surface area contributed by atoms with Crippen LogP contribution in [0.25, 0.3) is 0 Å². The number of benzene rings is 1. The minimum absolute atomic E-state index is 0.732. The fourth-order valence-electron chi connectivity index (χ4n) is 1.11. The highest BCUT2D eigenvalue weighted by atomic mass is 79.9. The normalized spacial score (nSPS) is 10.6. The topological polar surface area (TPSA) is 9.23 Å². The molecule has 0 aliphatic rings. The summed E-state index contributed by atoms with van der Waals surface area (Å²) in [7, 11) is 0.946. The van der Waals surface area contributed by atoms with Crippen molar-refractivity contribution in [2.45, 2.75) is 13.1 Å². The maximum Gasteiger partial charge on any atom is 0.147 e. The number of rotatable bonds is 2. The maximum atomic E-state index is 5.23. The van der Waals surface area contributed by atoms with E-state index in [1.54, 1.807) is 7.11 Å². The zero-order valence-electron chi connectivity index (χ0n) is 7.90. The van der Waals surface area contributed by atoms with Gasteiger partial charge in [0.1, 0.15) is 5.75 Å². The number of methoxy groups -OCH3 is 1. The molecular weight excluding hydrogens is 312 g/mol. The van der Waals surface area contributed by atoms with E-state index < -0.39 is 8.80 Å². The number of halogens is 2. The van der Waals surface area contributed by atoms with Crippen molar-refractivity contribution in [2.75, 3.05) is 7.11 Å². The molecule has 1 aromatic rings. The van der Waals surface area contributed by atoms with E-state index in [2.05, 4.69) is 57.1 Å². The lowest BCUT2D eigenvalue weighted by Crippen LogP contribution is -2.22. The Morgan fingerprint density at radius 3 is 1.92 bits per heavy atom. The van der Waals surface area contributed by atoms with Gasteiger partial charge in [-0.1, -0.05) is 18.3 Å². The first-order valence-corrected chi connectivity index (χ1v) is 8.56. The van der Waals surface area contributed by atoms with E-state index in [0.717, 1.165) is 14.7 Å². The average molecular weight is 324 g/mol. The molecule has 0 radical (unpaired) electrons. The first-order valence-electron chi connectivity index (χ1n) is 4.09. The van der Waals surface area contributed by atoms with Gasteiger partial charge >= 0.3 is 0 Å². The summed E-state index contributed by atoms with van der Waals surface area (Å²) in [5.74, 6) is 0.874. The van der Waals surface area contributed by atoms with Gasteiger partial charge in [0.05, 0.1) is 24.9 Å². The fourth-order valence-corrected chi connectivity index (χ4v) is 4.14. The van der Waals surface area contributed by atoms with Gasteiger partial charge in [0.15, 0.2) is 0 Å². The standard InChI is InChI=1S/C9H12Br2OSi/c1-12-9-7(10)4-6(13(2)3)5-8(9)11/h4-5,13H,1-3H3. The minimum Gasteiger partial charge on any atom is -0.494 e. The Balaban J connectivity index is 3.20. The van der Waals surface area contributed by atoms with Crippen LogP contribution < -0.4 is 9.92 Å². The van der Waals surface area contributed by atoms with Crippen LogP contribution >= 0.6 is 31.9 Å². The lowest BCUT2D eigenvalue weighted by molar-refractivity contribution is 0.409. The predicted molar refractivity (Wildman–Crippen MR) is 66.9 cm³/mol. The van der Waals surface area contributed by atoms with Crippen LogP contribution in [-0.2, 0) is 0 Å². The van der Waals surface area contributed by atoms with E-state index in [1.807, 2.05) is 0 Å². The summed E-state index contributed by atoms with van der Waals surface area (Å²) in [6.07, 6.45) is 0. The van der Waals surface area contributed by atoms with Crippen LogP contribution in [0.1, 0.15) is 0 Å². The van der Waals surface area contributed by atoms with Crippen molar-refractivity contribution >= 4 is 45.8 Å². The van der Waals surface area contributed by atoms with E-state index in [0.29, 0.717) is 0 Å². The molecule has 4 heteroatoms. The third kappa shape index (κ3) is 2.57. The second-order valence-corrected chi connectivity index (χ2v) is 7.86. The first kappa shape index (κ1) is 11.3. The van der Waals surface area contributed by atoms with E-state index in [9.17, 15) is 0 Å². The zero-order valence-corrected chi connectivity index (χ0v) is 12.2. The van der Waals surface area contributed by atoms with Crippen LogP contribution in [0.15, 0.2) is 21.1 Å². The lowest BCUT2D eigenvalue weighted by Gasteiger charge is -2.10. The summed E-state index contributed by atoms with van der Waals surface area (Å²) in [5, 5.41) is 1.43. The molecule has 0 aromatic heterocycles. The van der Waals surface area contributed by atoms with Gasteiger partial charge in [-0.3, -0.25) is 0 Å². The van der Waals surface area contributed by atoms with Crippen molar-refractivity contribution in [3.05, 3.63) is 21.1 Å². The molecule has 0 heterocycles. The van der Waals surface area contributed by atoms with Crippen molar-refractivity contribution in [1.29, 1.82) is 0 Å². The molecule has 13 heavy (non-hydrogen) atoms. The van der Waals surface area contributed by atoms with Crippen molar-refractivity contribution in [1.82, 2.24) is 0 Å². The molecule has 0 unspecified atom stereocenters. The van der Waals surface area contributed by atoms with E-state index >= 15 is 0 Å². The van der Waals surface area contributed by atoms with Gasteiger partial charge < -0.3 is 4.74 Å². The molecule has 0 aliphatic carbocycles. The fraction of sp³-hybridized carbons (Fsp3) is 0.333. The van der Waals surface area contributed by atoms with Crippen LogP contribution in [0.2, 0.25) is 13.1 Å². The Morgan fingerprint density at radius 2 is 1.62 bits per heavy atom. The van der Waals surface area contributed by atoms with Crippen molar-refractivity contribution < 1.29 is 4.74 Å². The molecule has 0 saturated carbocycles. The summed E-state index contributed by atoms with van der Waals surface area (Å²) in [5.41, 5.74) is 0. The van der Waals surface area contributed by atoms with Crippen LogP contribution in [0.3, 0.4) is 0 Å². The van der Waals surface area contributed by atoms with Crippen LogP contribution in [0, 0.1) is 0 Å². The molecule has 1 nitrogen and oxygen atoms in total. The molecule has 0 bridgehead atoms. The molecule has 0 N–H and O–H groups in total. The molecule has 1 aromatic carbocycles. The lowest BCUT2D eigenvalue weighted by atomic mass is 10.3. The molecule has 0 saturated heterocycles. The second kappa shape index (κ2) is 4.62. The summed E-state index contributed by atoms with van der Waals surface area (Å²) in [6.45, 7) is 4.61. The smallest absolute Gasteiger partial charge is 0.147 e. The Bertz CT molecular complexity index is 289. The van der Waals surface area contributed by atoms with Gasteiger partial charge in [-0.2, -0.15) is 0 Å². The molecule has 0 spiro atoms. The van der Waals surface area contributed by atoms with E-state index in [1.165, 1.54) is 5.19 Å². The van der Waals surface area contributed by atoms with Gasteiger partial charge in [-0.05, 0) is 44.0 Å². The van der Waals surface area contributed by atoms with Crippen LogP contribution in [-0.4, -0.2) is 15.9 Å². The Kier molecular flexibility index (Phi) is 4.00. The Labute approximate surface area is 97.4 Å². The summed E-state index contributed by atoms with van der Waals surface area (Å²) in [4.78, 5) is 0. The van der Waals surface area contributed by atoms with E-state index in [4.69, 9.17) is 4.74 Å². The monoisotopic (exact) mass is 322 g/mol. The minimum atomic E-state index is -0.732. The molecule has 72 valence electrons. The predicted octanol–water partition coefficient (Wildman–Crippen LogP) is 2.91.